The Kier molecular flexibility index (Phi) is 6.98. The van der Waals surface area contributed by atoms with E-state index < -0.39 is 0 Å². The lowest BCUT2D eigenvalue weighted by atomic mass is 10.2. The summed E-state index contributed by atoms with van der Waals surface area (Å²) >= 11 is 0. The molecular formula is C16H20N2O4. The van der Waals surface area contributed by atoms with Crippen LogP contribution < -0.4 is 9.47 Å². The first-order valence-electron chi connectivity index (χ1n) is 6.61. The van der Waals surface area contributed by atoms with Gasteiger partial charge in [0.05, 0.1) is 26.5 Å². The van der Waals surface area contributed by atoms with Crippen LogP contribution in [0.2, 0.25) is 0 Å². The van der Waals surface area contributed by atoms with Crippen LogP contribution in [0.15, 0.2) is 24.5 Å². The molecule has 1 N–H and O–H groups in total. The normalized spacial score (nSPS) is 9.50. The molecule has 0 saturated heterocycles. The van der Waals surface area contributed by atoms with Crippen LogP contribution in [0, 0.1) is 13.8 Å². The van der Waals surface area contributed by atoms with Crippen molar-refractivity contribution in [3.63, 3.8) is 0 Å². The van der Waals surface area contributed by atoms with Gasteiger partial charge in [0.25, 0.3) is 0 Å². The smallest absolute Gasteiger partial charge is 0.168 e. The van der Waals surface area contributed by atoms with Gasteiger partial charge in [0.15, 0.2) is 6.29 Å². The predicted molar refractivity (Wildman–Crippen MR) is 82.4 cm³/mol. The molecule has 2 aromatic rings. The fraction of sp³-hybridized carbons (Fsp3) is 0.312. The summed E-state index contributed by atoms with van der Waals surface area (Å²) in [6.07, 6.45) is 3.99. The Bertz CT molecular complexity index is 630. The van der Waals surface area contributed by atoms with Crippen LogP contribution in [0.1, 0.15) is 27.3 Å². The number of aromatic nitrogens is 2. The average molecular weight is 304 g/mol. The first-order chi connectivity index (χ1) is 10.5. The average Bonchev–Trinajstić information content (AvgIpc) is 2.56. The lowest BCUT2D eigenvalue weighted by Crippen LogP contribution is -1.93. The van der Waals surface area contributed by atoms with Gasteiger partial charge in [-0.1, -0.05) is 0 Å². The number of hydrogen-bond donors (Lipinski definition) is 1. The third kappa shape index (κ3) is 4.82. The molecule has 118 valence electrons. The minimum absolute atomic E-state index is 0.0450. The van der Waals surface area contributed by atoms with E-state index in [1.807, 2.05) is 13.8 Å². The molecule has 2 rings (SSSR count). The zero-order valence-corrected chi connectivity index (χ0v) is 13.2. The van der Waals surface area contributed by atoms with E-state index in [4.69, 9.17) is 14.6 Å². The molecule has 2 heterocycles. The van der Waals surface area contributed by atoms with Crippen molar-refractivity contribution in [2.24, 2.45) is 0 Å². The number of methoxy groups -OCH3 is 2. The zero-order chi connectivity index (χ0) is 16.5. The maximum absolute atomic E-state index is 10.3. The molecule has 6 heteroatoms. The lowest BCUT2D eigenvalue weighted by Gasteiger charge is -2.04. The third-order valence-electron chi connectivity index (χ3n) is 2.91. The van der Waals surface area contributed by atoms with Gasteiger partial charge < -0.3 is 14.6 Å². The Balaban J connectivity index is 0.000000220. The highest BCUT2D eigenvalue weighted by atomic mass is 16.5. The van der Waals surface area contributed by atoms with Gasteiger partial charge in [0.2, 0.25) is 0 Å². The topological polar surface area (TPSA) is 81.5 Å². The van der Waals surface area contributed by atoms with Crippen LogP contribution in [0.3, 0.4) is 0 Å². The van der Waals surface area contributed by atoms with Gasteiger partial charge in [0.1, 0.15) is 17.2 Å². The van der Waals surface area contributed by atoms with E-state index in [0.717, 1.165) is 16.9 Å². The first kappa shape index (κ1) is 17.6. The summed E-state index contributed by atoms with van der Waals surface area (Å²) in [6.45, 7) is 3.74. The Morgan fingerprint density at radius 3 is 2.09 bits per heavy atom. The molecule has 0 saturated carbocycles. The predicted octanol–water partition coefficient (Wildman–Crippen LogP) is 2.10. The van der Waals surface area contributed by atoms with Gasteiger partial charge in [-0.05, 0) is 13.8 Å². The number of aryl methyl sites for hydroxylation is 2. The highest BCUT2D eigenvalue weighted by molar-refractivity contribution is 5.72. The number of nitrogens with zero attached hydrogens (tertiary/aromatic N) is 2. The molecule has 22 heavy (non-hydrogen) atoms. The van der Waals surface area contributed by atoms with Crippen LogP contribution in [0.25, 0.3) is 0 Å². The monoisotopic (exact) mass is 304 g/mol. The molecule has 0 bridgehead atoms. The van der Waals surface area contributed by atoms with E-state index in [1.54, 1.807) is 38.7 Å². The standard InChI is InChI=1S/C8H11NO2.C8H9NO2/c2*1-6-4-9-7(5-10)3-8(6)11-2/h3-4,10H,5H2,1-2H3;3-5H,1-2H3. The second kappa shape index (κ2) is 8.74. The fourth-order valence-corrected chi connectivity index (χ4v) is 1.66. The number of ether oxygens (including phenoxy) is 2. The van der Waals surface area contributed by atoms with E-state index in [9.17, 15) is 4.79 Å². The van der Waals surface area contributed by atoms with Crippen LogP contribution in [-0.4, -0.2) is 35.6 Å². The fourth-order valence-electron chi connectivity index (χ4n) is 1.66. The van der Waals surface area contributed by atoms with E-state index in [0.29, 0.717) is 23.4 Å². The highest BCUT2D eigenvalue weighted by Crippen LogP contribution is 2.16. The summed E-state index contributed by atoms with van der Waals surface area (Å²) in [7, 11) is 3.17. The minimum Gasteiger partial charge on any atom is -0.496 e. The van der Waals surface area contributed by atoms with Crippen LogP contribution in [-0.2, 0) is 6.61 Å². The van der Waals surface area contributed by atoms with Crippen molar-refractivity contribution in [3.8, 4) is 11.5 Å². The van der Waals surface area contributed by atoms with Crippen molar-refractivity contribution in [1.29, 1.82) is 0 Å². The molecule has 0 unspecified atom stereocenters. The number of carbonyl (C=O) groups excluding carboxylic acids is 1. The van der Waals surface area contributed by atoms with Crippen LogP contribution in [0.4, 0.5) is 0 Å². The molecule has 0 aliphatic rings. The van der Waals surface area contributed by atoms with Crippen molar-refractivity contribution >= 4 is 6.29 Å². The summed E-state index contributed by atoms with van der Waals surface area (Å²) < 4.78 is 10.0. The second-order valence-corrected chi connectivity index (χ2v) is 4.50. The Morgan fingerprint density at radius 1 is 1.05 bits per heavy atom. The molecule has 0 spiro atoms. The molecule has 0 fully saturated rings. The van der Waals surface area contributed by atoms with Crippen LogP contribution in [0.5, 0.6) is 11.5 Å². The van der Waals surface area contributed by atoms with Crippen molar-refractivity contribution < 1.29 is 19.4 Å². The van der Waals surface area contributed by atoms with Crippen molar-refractivity contribution in [3.05, 3.63) is 47.0 Å². The number of pyridine rings is 2. The maximum Gasteiger partial charge on any atom is 0.168 e. The number of rotatable bonds is 4. The Hall–Kier alpha value is -2.47. The second-order valence-electron chi connectivity index (χ2n) is 4.50. The summed E-state index contributed by atoms with van der Waals surface area (Å²) in [6, 6.07) is 3.34. The summed E-state index contributed by atoms with van der Waals surface area (Å²) in [5.41, 5.74) is 2.93. The Morgan fingerprint density at radius 2 is 1.59 bits per heavy atom. The molecule has 0 aliphatic carbocycles. The number of hydrogen-bond acceptors (Lipinski definition) is 6. The van der Waals surface area contributed by atoms with Crippen LogP contribution >= 0.6 is 0 Å². The number of aliphatic hydroxyl groups excluding tert-OH is 1. The van der Waals surface area contributed by atoms with E-state index in [2.05, 4.69) is 9.97 Å². The number of carbonyl (C=O) groups is 1. The van der Waals surface area contributed by atoms with Crippen molar-refractivity contribution in [2.75, 3.05) is 14.2 Å². The van der Waals surface area contributed by atoms with Crippen molar-refractivity contribution in [1.82, 2.24) is 9.97 Å². The molecular weight excluding hydrogens is 284 g/mol. The van der Waals surface area contributed by atoms with Gasteiger partial charge in [-0.3, -0.25) is 14.8 Å². The van der Waals surface area contributed by atoms with E-state index in [1.165, 1.54) is 0 Å². The maximum atomic E-state index is 10.3. The molecule has 6 nitrogen and oxygen atoms in total. The molecule has 0 amide bonds. The van der Waals surface area contributed by atoms with E-state index >= 15 is 0 Å². The zero-order valence-electron chi connectivity index (χ0n) is 13.2. The minimum atomic E-state index is -0.0450. The first-order valence-corrected chi connectivity index (χ1v) is 6.61. The van der Waals surface area contributed by atoms with Gasteiger partial charge in [0, 0.05) is 35.7 Å². The quantitative estimate of drug-likeness (QED) is 0.871. The molecule has 0 aliphatic heterocycles. The van der Waals surface area contributed by atoms with E-state index in [-0.39, 0.29) is 6.61 Å². The number of aldehydes is 1. The molecule has 0 atom stereocenters. The van der Waals surface area contributed by atoms with Gasteiger partial charge >= 0.3 is 0 Å². The summed E-state index contributed by atoms with van der Waals surface area (Å²) in [5.74, 6) is 1.46. The van der Waals surface area contributed by atoms with Gasteiger partial charge in [-0.25, -0.2) is 0 Å². The SMILES string of the molecule is COc1cc(C=O)ncc1C.COc1cc(CO)ncc1C. The van der Waals surface area contributed by atoms with Crippen molar-refractivity contribution in [2.45, 2.75) is 20.5 Å². The largest absolute Gasteiger partial charge is 0.496 e. The third-order valence-corrected chi connectivity index (χ3v) is 2.91. The van der Waals surface area contributed by atoms with Gasteiger partial charge in [-0.15, -0.1) is 0 Å². The highest BCUT2D eigenvalue weighted by Gasteiger charge is 2.00. The molecule has 0 aromatic carbocycles. The Labute approximate surface area is 129 Å². The summed E-state index contributed by atoms with van der Waals surface area (Å²) in [5, 5.41) is 8.73. The number of aliphatic hydroxyl groups is 1. The summed E-state index contributed by atoms with van der Waals surface area (Å²) in [4.78, 5) is 18.1. The molecule has 2 aromatic heterocycles. The van der Waals surface area contributed by atoms with Gasteiger partial charge in [-0.2, -0.15) is 0 Å². The molecule has 0 radical (unpaired) electrons. The lowest BCUT2D eigenvalue weighted by molar-refractivity contribution is 0.111.